The number of Topliss-reactive ketones (excluding diaryl/α,β-unsaturated/α-hetero) is 1. The van der Waals surface area contributed by atoms with Crippen LogP contribution in [0.3, 0.4) is 0 Å². The van der Waals surface area contributed by atoms with Crippen LogP contribution >= 0.6 is 11.8 Å². The number of nitrogens with zero attached hydrogens (tertiary/aromatic N) is 3. The Hall–Kier alpha value is -3.13. The normalized spacial score (nSPS) is 17.1. The van der Waals surface area contributed by atoms with E-state index in [0.29, 0.717) is 35.4 Å². The van der Waals surface area contributed by atoms with Gasteiger partial charge in [-0.1, -0.05) is 61.9 Å². The lowest BCUT2D eigenvalue weighted by molar-refractivity contribution is -0.116. The molecule has 35 heavy (non-hydrogen) atoms. The van der Waals surface area contributed by atoms with Crippen LogP contribution in [-0.2, 0) is 10.5 Å². The number of ketones is 1. The number of carbonyl (C=O) groups is 1. The second-order valence-corrected chi connectivity index (χ2v) is 9.81. The minimum absolute atomic E-state index is 0.144. The summed E-state index contributed by atoms with van der Waals surface area (Å²) in [4.78, 5) is 17.7. The van der Waals surface area contributed by atoms with Gasteiger partial charge in [-0.2, -0.15) is 4.98 Å². The molecule has 6 nitrogen and oxygen atoms in total. The summed E-state index contributed by atoms with van der Waals surface area (Å²) in [6.45, 7) is 2.87. The molecule has 182 valence electrons. The van der Waals surface area contributed by atoms with Gasteiger partial charge < -0.3 is 10.1 Å². The summed E-state index contributed by atoms with van der Waals surface area (Å²) in [5.41, 5.74) is 3.26. The number of aromatic nitrogens is 3. The average Bonchev–Trinajstić information content (AvgIpc) is 3.28. The van der Waals surface area contributed by atoms with Crippen molar-refractivity contribution >= 4 is 23.5 Å². The second kappa shape index (κ2) is 10.6. The third-order valence-electron chi connectivity index (χ3n) is 6.38. The Balaban J connectivity index is 1.41. The highest BCUT2D eigenvalue weighted by Gasteiger charge is 2.36. The molecule has 0 spiro atoms. The lowest BCUT2D eigenvalue weighted by atomic mass is 9.85. The minimum Gasteiger partial charge on any atom is -0.494 e. The predicted octanol–water partition coefficient (Wildman–Crippen LogP) is 6.30. The largest absolute Gasteiger partial charge is 0.494 e. The molecule has 2 aliphatic rings. The molecule has 2 heterocycles. The summed E-state index contributed by atoms with van der Waals surface area (Å²) in [6.07, 6.45) is 5.51. The fourth-order valence-corrected chi connectivity index (χ4v) is 5.37. The molecule has 1 aromatic heterocycles. The molecular formula is C27H29FN4O2S. The van der Waals surface area contributed by atoms with Crippen LogP contribution < -0.4 is 10.1 Å². The van der Waals surface area contributed by atoms with Crippen molar-refractivity contribution in [3.05, 3.63) is 76.7 Å². The molecule has 3 aromatic rings. The highest BCUT2D eigenvalue weighted by molar-refractivity contribution is 7.98. The fourth-order valence-electron chi connectivity index (χ4n) is 4.55. The number of nitrogens with one attached hydrogen (secondary N) is 1. The van der Waals surface area contributed by atoms with Crippen LogP contribution in [0.25, 0.3) is 0 Å². The Labute approximate surface area is 209 Å². The summed E-state index contributed by atoms with van der Waals surface area (Å²) in [6, 6.07) is 14.3. The van der Waals surface area contributed by atoms with Gasteiger partial charge in [-0.15, -0.1) is 5.10 Å². The Morgan fingerprint density at radius 3 is 2.77 bits per heavy atom. The van der Waals surface area contributed by atoms with Crippen molar-refractivity contribution in [2.45, 2.75) is 62.4 Å². The molecule has 0 saturated carbocycles. The number of benzene rings is 2. The number of ether oxygens (including phenoxy) is 1. The van der Waals surface area contributed by atoms with E-state index in [-0.39, 0.29) is 17.6 Å². The lowest BCUT2D eigenvalue weighted by Gasteiger charge is -2.32. The molecule has 0 fully saturated rings. The van der Waals surface area contributed by atoms with Crippen LogP contribution in [0.5, 0.6) is 5.75 Å². The van der Waals surface area contributed by atoms with Gasteiger partial charge >= 0.3 is 0 Å². The number of thioether (sulfide) groups is 1. The van der Waals surface area contributed by atoms with Gasteiger partial charge in [-0.3, -0.25) is 4.79 Å². The van der Waals surface area contributed by atoms with Crippen LogP contribution in [0.2, 0.25) is 0 Å². The maximum atomic E-state index is 14.1. The summed E-state index contributed by atoms with van der Waals surface area (Å²) < 4.78 is 21.7. The van der Waals surface area contributed by atoms with E-state index < -0.39 is 0 Å². The molecule has 0 saturated heterocycles. The van der Waals surface area contributed by atoms with Gasteiger partial charge in [0, 0.05) is 23.4 Å². The van der Waals surface area contributed by atoms with Gasteiger partial charge in [0.1, 0.15) is 17.6 Å². The number of rotatable bonds is 9. The van der Waals surface area contributed by atoms with Crippen molar-refractivity contribution in [1.29, 1.82) is 0 Å². The Morgan fingerprint density at radius 2 is 1.97 bits per heavy atom. The number of halogens is 1. The quantitative estimate of drug-likeness (QED) is 0.279. The highest BCUT2D eigenvalue weighted by Crippen LogP contribution is 2.41. The van der Waals surface area contributed by atoms with E-state index in [1.54, 1.807) is 16.8 Å². The fraction of sp³-hybridized carbons (Fsp3) is 0.370. The smallest absolute Gasteiger partial charge is 0.227 e. The maximum Gasteiger partial charge on any atom is 0.227 e. The van der Waals surface area contributed by atoms with Crippen LogP contribution in [-0.4, -0.2) is 27.2 Å². The van der Waals surface area contributed by atoms with Crippen LogP contribution in [0.4, 0.5) is 10.3 Å². The predicted molar refractivity (Wildman–Crippen MR) is 135 cm³/mol. The molecule has 1 N–H and O–H groups in total. The first-order chi connectivity index (χ1) is 17.1. The van der Waals surface area contributed by atoms with Crippen LogP contribution in [0, 0.1) is 5.82 Å². The van der Waals surface area contributed by atoms with E-state index in [0.717, 1.165) is 54.7 Å². The minimum atomic E-state index is -0.349. The van der Waals surface area contributed by atoms with Gasteiger partial charge in [0.2, 0.25) is 11.1 Å². The van der Waals surface area contributed by atoms with Crippen LogP contribution in [0.15, 0.2) is 65.0 Å². The number of hydrogen-bond acceptors (Lipinski definition) is 6. The number of anilines is 1. The molecule has 1 aliphatic carbocycles. The third-order valence-corrected chi connectivity index (χ3v) is 7.26. The number of unbranched alkanes of at least 4 members (excludes halogenated alkanes) is 2. The molecule has 0 bridgehead atoms. The van der Waals surface area contributed by atoms with Crippen molar-refractivity contribution < 1.29 is 13.9 Å². The zero-order chi connectivity index (χ0) is 24.2. The molecule has 1 unspecified atom stereocenters. The molecule has 2 aromatic carbocycles. The number of fused-ring (bicyclic) bond motifs is 1. The first-order valence-electron chi connectivity index (χ1n) is 12.2. The maximum absolute atomic E-state index is 14.1. The summed E-state index contributed by atoms with van der Waals surface area (Å²) in [5.74, 6) is 1.77. The second-order valence-electron chi connectivity index (χ2n) is 8.86. The SMILES string of the molecule is CCCCCOc1ccc(C2C3=C(CCCC3=O)Nc3nc(SCc4ccccc4F)nn32)cc1. The Bertz CT molecular complexity index is 1240. The number of carbonyl (C=O) groups excluding carboxylic acids is 1. The standard InChI is InChI=1S/C27H29FN4O2S/c1-2-3-6-16-34-20-14-12-18(13-15-20)25-24-22(10-7-11-23(24)33)29-26-30-27(31-32(25)26)35-17-19-8-4-5-9-21(19)28/h4-5,8-9,12-15,25H,2-3,6-7,10-11,16-17H2,1H3,(H,29,30,31). The van der Waals surface area contributed by atoms with E-state index in [4.69, 9.17) is 9.84 Å². The number of hydrogen-bond donors (Lipinski definition) is 1. The van der Waals surface area contributed by atoms with E-state index >= 15 is 0 Å². The van der Waals surface area contributed by atoms with Gasteiger partial charge in [-0.05, 0) is 48.6 Å². The van der Waals surface area contributed by atoms with Gasteiger partial charge in [0.15, 0.2) is 5.78 Å². The first kappa shape index (κ1) is 23.6. The Kier molecular flexibility index (Phi) is 7.18. The van der Waals surface area contributed by atoms with Crippen molar-refractivity contribution in [3.63, 3.8) is 0 Å². The zero-order valence-corrected chi connectivity index (χ0v) is 20.6. The van der Waals surface area contributed by atoms with Gasteiger partial charge in [0.25, 0.3) is 0 Å². The molecule has 0 amide bonds. The van der Waals surface area contributed by atoms with Gasteiger partial charge in [0.05, 0.1) is 6.61 Å². The van der Waals surface area contributed by atoms with E-state index in [9.17, 15) is 9.18 Å². The highest BCUT2D eigenvalue weighted by atomic mass is 32.2. The zero-order valence-electron chi connectivity index (χ0n) is 19.8. The molecular weight excluding hydrogens is 463 g/mol. The first-order valence-corrected chi connectivity index (χ1v) is 13.2. The molecule has 8 heteroatoms. The van der Waals surface area contributed by atoms with E-state index in [1.807, 2.05) is 30.3 Å². The van der Waals surface area contributed by atoms with E-state index in [1.165, 1.54) is 17.8 Å². The molecule has 1 atom stereocenters. The van der Waals surface area contributed by atoms with Crippen molar-refractivity contribution in [2.24, 2.45) is 0 Å². The third kappa shape index (κ3) is 5.12. The monoisotopic (exact) mass is 492 g/mol. The molecule has 5 rings (SSSR count). The summed E-state index contributed by atoms with van der Waals surface area (Å²) in [7, 11) is 0. The topological polar surface area (TPSA) is 69.0 Å². The van der Waals surface area contributed by atoms with Gasteiger partial charge in [-0.25, -0.2) is 9.07 Å². The average molecular weight is 493 g/mol. The molecule has 1 aliphatic heterocycles. The van der Waals surface area contributed by atoms with Crippen molar-refractivity contribution in [1.82, 2.24) is 14.8 Å². The van der Waals surface area contributed by atoms with Crippen molar-refractivity contribution in [3.8, 4) is 5.75 Å². The lowest BCUT2D eigenvalue weighted by Crippen LogP contribution is -2.31. The molecule has 0 radical (unpaired) electrons. The van der Waals surface area contributed by atoms with Crippen LogP contribution in [0.1, 0.15) is 62.6 Å². The Morgan fingerprint density at radius 1 is 1.14 bits per heavy atom. The summed E-state index contributed by atoms with van der Waals surface area (Å²) >= 11 is 1.38. The van der Waals surface area contributed by atoms with Crippen molar-refractivity contribution in [2.75, 3.05) is 11.9 Å². The van der Waals surface area contributed by atoms with E-state index in [2.05, 4.69) is 17.2 Å². The number of allylic oxidation sites excluding steroid dienone is 2. The summed E-state index contributed by atoms with van der Waals surface area (Å²) in [5, 5.41) is 8.63.